The molecule has 0 spiro atoms. The van der Waals surface area contributed by atoms with Crippen molar-refractivity contribution in [2.24, 2.45) is 4.99 Å². The molecule has 0 aliphatic carbocycles. The van der Waals surface area contributed by atoms with Crippen molar-refractivity contribution in [1.82, 2.24) is 15.5 Å². The Morgan fingerprint density at radius 3 is 2.18 bits per heavy atom. The number of likely N-dealkylation sites (N-methyl/N-ethyl adjacent to an activating group) is 1. The highest BCUT2D eigenvalue weighted by atomic mass is 127. The van der Waals surface area contributed by atoms with E-state index in [0.29, 0.717) is 12.6 Å². The number of aliphatic imine (C=N–C) groups is 1. The van der Waals surface area contributed by atoms with Crippen LogP contribution in [0.2, 0.25) is 0 Å². The van der Waals surface area contributed by atoms with E-state index in [1.165, 1.54) is 11.1 Å². The van der Waals surface area contributed by atoms with Crippen LogP contribution in [0.5, 0.6) is 5.75 Å². The van der Waals surface area contributed by atoms with Crippen LogP contribution in [0.15, 0.2) is 59.6 Å². The van der Waals surface area contributed by atoms with Crippen LogP contribution >= 0.6 is 24.0 Å². The summed E-state index contributed by atoms with van der Waals surface area (Å²) in [7, 11) is 3.48. The summed E-state index contributed by atoms with van der Waals surface area (Å²) >= 11 is 0. The topological polar surface area (TPSA) is 48.9 Å². The van der Waals surface area contributed by atoms with Crippen molar-refractivity contribution in [3.05, 3.63) is 65.7 Å². The smallest absolute Gasteiger partial charge is 0.191 e. The van der Waals surface area contributed by atoms with E-state index in [2.05, 4.69) is 76.8 Å². The highest BCUT2D eigenvalue weighted by molar-refractivity contribution is 14.0. The molecule has 0 amide bonds. The van der Waals surface area contributed by atoms with Crippen LogP contribution in [0.3, 0.4) is 0 Å². The van der Waals surface area contributed by atoms with Crippen LogP contribution in [0.4, 0.5) is 0 Å². The molecule has 0 saturated carbocycles. The molecule has 5 nitrogen and oxygen atoms in total. The minimum atomic E-state index is 0. The number of nitrogens with one attached hydrogen (secondary N) is 2. The first-order chi connectivity index (χ1) is 13.2. The van der Waals surface area contributed by atoms with E-state index in [9.17, 15) is 0 Å². The lowest BCUT2D eigenvalue weighted by molar-refractivity contribution is 0.219. The summed E-state index contributed by atoms with van der Waals surface area (Å²) in [5, 5.41) is 6.87. The average Bonchev–Trinajstić information content (AvgIpc) is 2.74. The van der Waals surface area contributed by atoms with E-state index in [4.69, 9.17) is 4.74 Å². The zero-order valence-electron chi connectivity index (χ0n) is 17.3. The van der Waals surface area contributed by atoms with E-state index >= 15 is 0 Å². The van der Waals surface area contributed by atoms with E-state index in [1.54, 1.807) is 14.2 Å². The second-order valence-electron chi connectivity index (χ2n) is 6.30. The normalized spacial score (nSPS) is 12.2. The molecule has 6 heteroatoms. The SMILES string of the molecule is CCN(CC)C(CNC(=NC)NCc1ccc(OC)cc1)c1ccccc1.I. The summed E-state index contributed by atoms with van der Waals surface area (Å²) in [5.41, 5.74) is 2.50. The molecular formula is C22H33IN4O. The lowest BCUT2D eigenvalue weighted by atomic mass is 10.1. The molecule has 0 heterocycles. The number of hydrogen-bond acceptors (Lipinski definition) is 3. The average molecular weight is 496 g/mol. The fourth-order valence-corrected chi connectivity index (χ4v) is 3.14. The molecule has 0 aliphatic heterocycles. The van der Waals surface area contributed by atoms with Gasteiger partial charge in [-0.25, -0.2) is 0 Å². The Kier molecular flexibility index (Phi) is 11.6. The third-order valence-electron chi connectivity index (χ3n) is 4.74. The minimum Gasteiger partial charge on any atom is -0.497 e. The molecule has 1 atom stereocenters. The maximum atomic E-state index is 5.21. The zero-order valence-corrected chi connectivity index (χ0v) is 19.6. The van der Waals surface area contributed by atoms with Gasteiger partial charge in [-0.1, -0.05) is 56.3 Å². The van der Waals surface area contributed by atoms with Crippen molar-refractivity contribution < 1.29 is 4.74 Å². The number of rotatable bonds is 9. The van der Waals surface area contributed by atoms with E-state index < -0.39 is 0 Å². The van der Waals surface area contributed by atoms with Gasteiger partial charge < -0.3 is 15.4 Å². The third kappa shape index (κ3) is 7.31. The zero-order chi connectivity index (χ0) is 19.5. The van der Waals surface area contributed by atoms with Gasteiger partial charge >= 0.3 is 0 Å². The molecule has 0 bridgehead atoms. The van der Waals surface area contributed by atoms with Gasteiger partial charge in [0.25, 0.3) is 0 Å². The summed E-state index contributed by atoms with van der Waals surface area (Å²) in [5.74, 6) is 1.67. The molecule has 0 aromatic heterocycles. The second-order valence-corrected chi connectivity index (χ2v) is 6.30. The van der Waals surface area contributed by atoms with E-state index in [1.807, 2.05) is 12.1 Å². The van der Waals surface area contributed by atoms with Gasteiger partial charge in [-0.2, -0.15) is 0 Å². The van der Waals surface area contributed by atoms with Gasteiger partial charge in [-0.15, -0.1) is 24.0 Å². The molecule has 1 unspecified atom stereocenters. The monoisotopic (exact) mass is 496 g/mol. The van der Waals surface area contributed by atoms with Crippen molar-refractivity contribution in [1.29, 1.82) is 0 Å². The summed E-state index contributed by atoms with van der Waals surface area (Å²) < 4.78 is 5.21. The number of halogens is 1. The molecule has 154 valence electrons. The van der Waals surface area contributed by atoms with Gasteiger partial charge in [0.1, 0.15) is 5.75 Å². The van der Waals surface area contributed by atoms with Crippen molar-refractivity contribution >= 4 is 29.9 Å². The van der Waals surface area contributed by atoms with Crippen LogP contribution in [-0.4, -0.2) is 44.7 Å². The number of benzene rings is 2. The van der Waals surface area contributed by atoms with Crippen molar-refractivity contribution in [3.8, 4) is 5.75 Å². The molecule has 0 radical (unpaired) electrons. The summed E-state index contributed by atoms with van der Waals surface area (Å²) in [6.07, 6.45) is 0. The Balaban J connectivity index is 0.00000392. The molecule has 2 rings (SSSR count). The Bertz CT molecular complexity index is 687. The van der Waals surface area contributed by atoms with Gasteiger partial charge in [-0.3, -0.25) is 9.89 Å². The fourth-order valence-electron chi connectivity index (χ4n) is 3.14. The third-order valence-corrected chi connectivity index (χ3v) is 4.74. The van der Waals surface area contributed by atoms with Crippen LogP contribution in [0, 0.1) is 0 Å². The quantitative estimate of drug-likeness (QED) is 0.313. The van der Waals surface area contributed by atoms with Gasteiger partial charge in [0, 0.05) is 20.1 Å². The molecular weight excluding hydrogens is 463 g/mol. The second kappa shape index (κ2) is 13.4. The van der Waals surface area contributed by atoms with E-state index in [-0.39, 0.29) is 24.0 Å². The highest BCUT2D eigenvalue weighted by Crippen LogP contribution is 2.19. The van der Waals surface area contributed by atoms with Gasteiger partial charge in [0.05, 0.1) is 13.2 Å². The van der Waals surface area contributed by atoms with E-state index in [0.717, 1.165) is 31.3 Å². The van der Waals surface area contributed by atoms with Crippen molar-refractivity contribution in [2.45, 2.75) is 26.4 Å². The van der Waals surface area contributed by atoms with Crippen LogP contribution in [-0.2, 0) is 6.54 Å². The number of ether oxygens (including phenoxy) is 1. The van der Waals surface area contributed by atoms with Gasteiger partial charge in [-0.05, 0) is 36.3 Å². The predicted octanol–water partition coefficient (Wildman–Crippen LogP) is 4.06. The predicted molar refractivity (Wildman–Crippen MR) is 129 cm³/mol. The number of guanidine groups is 1. The number of methoxy groups -OCH3 is 1. The summed E-state index contributed by atoms with van der Waals surface area (Å²) in [6.45, 7) is 7.94. The standard InChI is InChI=1S/C22H32N4O.HI/c1-5-26(6-2)21(19-10-8-7-9-11-19)17-25-22(23-3)24-16-18-12-14-20(27-4)15-13-18;/h7-15,21H,5-6,16-17H2,1-4H3,(H2,23,24,25);1H. The molecule has 2 aromatic carbocycles. The Hall–Kier alpha value is -1.80. The molecule has 0 saturated heterocycles. The molecule has 0 fully saturated rings. The number of nitrogens with zero attached hydrogens (tertiary/aromatic N) is 2. The van der Waals surface area contributed by atoms with Crippen molar-refractivity contribution in [3.63, 3.8) is 0 Å². The molecule has 2 aromatic rings. The molecule has 2 N–H and O–H groups in total. The number of hydrogen-bond donors (Lipinski definition) is 2. The minimum absolute atomic E-state index is 0. The lowest BCUT2D eigenvalue weighted by Crippen LogP contribution is -2.43. The first-order valence-corrected chi connectivity index (χ1v) is 9.58. The Morgan fingerprint density at radius 1 is 1.00 bits per heavy atom. The molecule has 0 aliphatic rings. The summed E-state index contributed by atoms with van der Waals surface area (Å²) in [6, 6.07) is 19.0. The Morgan fingerprint density at radius 2 is 1.64 bits per heavy atom. The van der Waals surface area contributed by atoms with Crippen LogP contribution in [0.1, 0.15) is 31.0 Å². The maximum Gasteiger partial charge on any atom is 0.191 e. The van der Waals surface area contributed by atoms with Gasteiger partial charge in [0.2, 0.25) is 0 Å². The first kappa shape index (κ1) is 24.2. The first-order valence-electron chi connectivity index (χ1n) is 9.58. The Labute approximate surface area is 186 Å². The fraction of sp³-hybridized carbons (Fsp3) is 0.409. The van der Waals surface area contributed by atoms with Crippen LogP contribution in [0.25, 0.3) is 0 Å². The summed E-state index contributed by atoms with van der Waals surface area (Å²) in [4.78, 5) is 6.82. The van der Waals surface area contributed by atoms with Crippen molar-refractivity contribution in [2.75, 3.05) is 33.8 Å². The highest BCUT2D eigenvalue weighted by Gasteiger charge is 2.18. The maximum absolute atomic E-state index is 5.21. The van der Waals surface area contributed by atoms with Gasteiger partial charge in [0.15, 0.2) is 5.96 Å². The lowest BCUT2D eigenvalue weighted by Gasteiger charge is -2.30. The van der Waals surface area contributed by atoms with Crippen LogP contribution < -0.4 is 15.4 Å². The largest absolute Gasteiger partial charge is 0.497 e. The molecule has 28 heavy (non-hydrogen) atoms.